The summed E-state index contributed by atoms with van der Waals surface area (Å²) < 4.78 is 40.3. The maximum absolute atomic E-state index is 12.2. The van der Waals surface area contributed by atoms with Gasteiger partial charge >= 0.3 is 6.36 Å². The van der Waals surface area contributed by atoms with Crippen LogP contribution in [0.25, 0.3) is 0 Å². The van der Waals surface area contributed by atoms with E-state index < -0.39 is 17.9 Å². The van der Waals surface area contributed by atoms with Gasteiger partial charge < -0.3 is 4.74 Å². The van der Waals surface area contributed by atoms with Crippen molar-refractivity contribution in [2.75, 3.05) is 0 Å². The zero-order chi connectivity index (χ0) is 15.6. The van der Waals surface area contributed by atoms with Crippen molar-refractivity contribution < 1.29 is 22.7 Å². The number of halogens is 4. The molecule has 2 nitrogen and oxygen atoms in total. The first-order valence-corrected chi connectivity index (χ1v) is 6.31. The van der Waals surface area contributed by atoms with Crippen molar-refractivity contribution in [2.24, 2.45) is 0 Å². The number of carbonyl (C=O) groups is 1. The Morgan fingerprint density at radius 2 is 1.76 bits per heavy atom. The molecule has 21 heavy (non-hydrogen) atoms. The van der Waals surface area contributed by atoms with Gasteiger partial charge in [-0.15, -0.1) is 13.2 Å². The summed E-state index contributed by atoms with van der Waals surface area (Å²) in [5.74, 6) is -0.832. The van der Waals surface area contributed by atoms with E-state index in [0.29, 0.717) is 16.1 Å². The van der Waals surface area contributed by atoms with Crippen LogP contribution in [0.5, 0.6) is 5.75 Å². The van der Waals surface area contributed by atoms with Crippen LogP contribution in [-0.4, -0.2) is 12.1 Å². The van der Waals surface area contributed by atoms with E-state index in [0.717, 1.165) is 12.1 Å². The minimum atomic E-state index is -4.79. The fourth-order valence-electron chi connectivity index (χ4n) is 1.79. The van der Waals surface area contributed by atoms with Crippen LogP contribution in [0.2, 0.25) is 5.02 Å². The van der Waals surface area contributed by atoms with Gasteiger partial charge in [0.05, 0.1) is 0 Å². The van der Waals surface area contributed by atoms with Gasteiger partial charge in [-0.05, 0) is 42.8 Å². The third-order valence-corrected chi connectivity index (χ3v) is 3.17. The van der Waals surface area contributed by atoms with Crippen molar-refractivity contribution in [2.45, 2.75) is 13.3 Å². The predicted octanol–water partition coefficient (Wildman–Crippen LogP) is 4.78. The number of aryl methyl sites for hydroxylation is 1. The van der Waals surface area contributed by atoms with Gasteiger partial charge in [-0.3, -0.25) is 4.79 Å². The van der Waals surface area contributed by atoms with Gasteiger partial charge in [-0.1, -0.05) is 23.7 Å². The van der Waals surface area contributed by atoms with E-state index in [-0.39, 0.29) is 5.56 Å². The van der Waals surface area contributed by atoms with Gasteiger partial charge in [0, 0.05) is 16.1 Å². The Morgan fingerprint density at radius 3 is 2.38 bits per heavy atom. The van der Waals surface area contributed by atoms with Crippen LogP contribution < -0.4 is 4.74 Å². The zero-order valence-electron chi connectivity index (χ0n) is 10.9. The number of carbonyl (C=O) groups excluding carboxylic acids is 1. The Kier molecular flexibility index (Phi) is 4.23. The quantitative estimate of drug-likeness (QED) is 0.762. The molecule has 0 N–H and O–H groups in total. The number of ether oxygens (including phenoxy) is 1. The number of hydrogen-bond acceptors (Lipinski definition) is 2. The standard InChI is InChI=1S/C15H10ClF3O2/c1-9-7-11(5-6-13(9)16)14(20)10-3-2-4-12(8-10)21-15(17,18)19/h2-8H,1H3. The molecule has 0 heterocycles. The van der Waals surface area contributed by atoms with Crippen LogP contribution in [0.4, 0.5) is 13.2 Å². The highest BCUT2D eigenvalue weighted by Gasteiger charge is 2.31. The molecule has 0 spiro atoms. The molecule has 0 aliphatic heterocycles. The summed E-state index contributed by atoms with van der Waals surface area (Å²) in [6.07, 6.45) is -4.79. The molecule has 2 rings (SSSR count). The van der Waals surface area contributed by atoms with Gasteiger partial charge in [0.15, 0.2) is 5.78 Å². The van der Waals surface area contributed by atoms with Crippen LogP contribution in [-0.2, 0) is 0 Å². The van der Waals surface area contributed by atoms with E-state index in [4.69, 9.17) is 11.6 Å². The summed E-state index contributed by atoms with van der Waals surface area (Å²) in [4.78, 5) is 12.2. The summed E-state index contributed by atoms with van der Waals surface area (Å²) in [5, 5.41) is 0.515. The SMILES string of the molecule is Cc1cc(C(=O)c2cccc(OC(F)(F)F)c2)ccc1Cl. The van der Waals surface area contributed by atoms with Crippen LogP contribution in [0.1, 0.15) is 21.5 Å². The highest BCUT2D eigenvalue weighted by Crippen LogP contribution is 2.25. The molecule has 0 saturated heterocycles. The second kappa shape index (κ2) is 5.77. The molecule has 6 heteroatoms. The van der Waals surface area contributed by atoms with Crippen LogP contribution in [0.3, 0.4) is 0 Å². The molecule has 0 saturated carbocycles. The Balaban J connectivity index is 2.31. The molecule has 0 atom stereocenters. The normalized spacial score (nSPS) is 11.3. The third kappa shape index (κ3) is 3.98. The monoisotopic (exact) mass is 314 g/mol. The van der Waals surface area contributed by atoms with Crippen molar-refractivity contribution in [1.29, 1.82) is 0 Å². The Morgan fingerprint density at radius 1 is 1.10 bits per heavy atom. The highest BCUT2D eigenvalue weighted by atomic mass is 35.5. The molecule has 2 aromatic rings. The molecule has 2 aromatic carbocycles. The van der Waals surface area contributed by atoms with E-state index in [9.17, 15) is 18.0 Å². The van der Waals surface area contributed by atoms with E-state index in [1.807, 2.05) is 0 Å². The van der Waals surface area contributed by atoms with Crippen LogP contribution >= 0.6 is 11.6 Å². The average molecular weight is 315 g/mol. The fourth-order valence-corrected chi connectivity index (χ4v) is 1.90. The summed E-state index contributed by atoms with van der Waals surface area (Å²) in [6.45, 7) is 1.74. The topological polar surface area (TPSA) is 26.3 Å². The van der Waals surface area contributed by atoms with Gasteiger partial charge in [0.1, 0.15) is 5.75 Å². The third-order valence-electron chi connectivity index (χ3n) is 2.75. The maximum Gasteiger partial charge on any atom is 0.573 e. The number of alkyl halides is 3. The second-order valence-corrected chi connectivity index (χ2v) is 4.78. The average Bonchev–Trinajstić information content (AvgIpc) is 2.39. The second-order valence-electron chi connectivity index (χ2n) is 4.37. The summed E-state index contributed by atoms with van der Waals surface area (Å²) in [7, 11) is 0. The largest absolute Gasteiger partial charge is 0.573 e. The molecule has 0 bridgehead atoms. The number of hydrogen-bond donors (Lipinski definition) is 0. The lowest BCUT2D eigenvalue weighted by Gasteiger charge is -2.10. The summed E-state index contributed by atoms with van der Waals surface area (Å²) in [5.41, 5.74) is 1.17. The van der Waals surface area contributed by atoms with Crippen LogP contribution in [0, 0.1) is 6.92 Å². The van der Waals surface area contributed by atoms with Gasteiger partial charge in [0.2, 0.25) is 0 Å². The lowest BCUT2D eigenvalue weighted by molar-refractivity contribution is -0.274. The van der Waals surface area contributed by atoms with Gasteiger partial charge in [0.25, 0.3) is 0 Å². The lowest BCUT2D eigenvalue weighted by atomic mass is 10.0. The predicted molar refractivity (Wildman–Crippen MR) is 72.7 cm³/mol. The first kappa shape index (κ1) is 15.4. The molecule has 0 amide bonds. The van der Waals surface area contributed by atoms with Crippen molar-refractivity contribution in [1.82, 2.24) is 0 Å². The summed E-state index contributed by atoms with van der Waals surface area (Å²) >= 11 is 5.87. The smallest absolute Gasteiger partial charge is 0.406 e. The first-order chi connectivity index (χ1) is 9.76. The number of benzene rings is 2. The molecule has 0 aliphatic rings. The first-order valence-electron chi connectivity index (χ1n) is 5.93. The molecular weight excluding hydrogens is 305 g/mol. The van der Waals surface area contributed by atoms with Gasteiger partial charge in [-0.2, -0.15) is 0 Å². The Hall–Kier alpha value is -2.01. The minimum Gasteiger partial charge on any atom is -0.406 e. The number of rotatable bonds is 3. The van der Waals surface area contributed by atoms with E-state index >= 15 is 0 Å². The molecule has 0 aliphatic carbocycles. The molecule has 0 unspecified atom stereocenters. The summed E-state index contributed by atoms with van der Waals surface area (Å²) in [6, 6.07) is 9.63. The van der Waals surface area contributed by atoms with E-state index in [1.165, 1.54) is 18.2 Å². The van der Waals surface area contributed by atoms with Crippen LogP contribution in [0.15, 0.2) is 42.5 Å². The molecular formula is C15H10ClF3O2. The van der Waals surface area contributed by atoms with Crippen molar-refractivity contribution >= 4 is 17.4 Å². The van der Waals surface area contributed by atoms with Crippen molar-refractivity contribution in [3.63, 3.8) is 0 Å². The highest BCUT2D eigenvalue weighted by molar-refractivity contribution is 6.31. The number of ketones is 1. The Bertz CT molecular complexity index is 681. The van der Waals surface area contributed by atoms with Crippen molar-refractivity contribution in [3.05, 3.63) is 64.2 Å². The van der Waals surface area contributed by atoms with E-state index in [1.54, 1.807) is 19.1 Å². The van der Waals surface area contributed by atoms with Gasteiger partial charge in [-0.25, -0.2) is 0 Å². The minimum absolute atomic E-state index is 0.110. The molecule has 110 valence electrons. The fraction of sp³-hybridized carbons (Fsp3) is 0.133. The molecule has 0 radical (unpaired) electrons. The lowest BCUT2D eigenvalue weighted by Crippen LogP contribution is -2.17. The Labute approximate surface area is 124 Å². The van der Waals surface area contributed by atoms with Crippen molar-refractivity contribution in [3.8, 4) is 5.75 Å². The van der Waals surface area contributed by atoms with E-state index in [2.05, 4.69) is 4.74 Å². The zero-order valence-corrected chi connectivity index (χ0v) is 11.6. The molecule has 0 fully saturated rings. The molecule has 0 aromatic heterocycles. The maximum atomic E-state index is 12.2.